The zero-order valence-corrected chi connectivity index (χ0v) is 15.5. The number of hydrogen-bond acceptors (Lipinski definition) is 5. The van der Waals surface area contributed by atoms with Crippen LogP contribution in [0.15, 0.2) is 18.2 Å². The number of likely N-dealkylation sites (tertiary alicyclic amines) is 1. The summed E-state index contributed by atoms with van der Waals surface area (Å²) in [5.74, 6) is 2.30. The van der Waals surface area contributed by atoms with Crippen molar-refractivity contribution in [3.05, 3.63) is 23.8 Å². The third kappa shape index (κ3) is 2.92. The molecule has 5 heteroatoms. The molecule has 0 radical (unpaired) electrons. The molecule has 2 aliphatic heterocycles. The number of aliphatic hydroxyl groups excluding tert-OH is 1. The first-order chi connectivity index (χ1) is 12.0. The van der Waals surface area contributed by atoms with Gasteiger partial charge in [-0.25, -0.2) is 0 Å². The second kappa shape index (κ2) is 6.45. The fraction of sp³-hybridized carbons (Fsp3) is 0.700. The Bertz CT molecular complexity index is 631. The summed E-state index contributed by atoms with van der Waals surface area (Å²) in [5, 5.41) is 14.2. The monoisotopic (exact) mass is 346 g/mol. The van der Waals surface area contributed by atoms with E-state index in [-0.39, 0.29) is 17.6 Å². The summed E-state index contributed by atoms with van der Waals surface area (Å²) in [6.07, 6.45) is 1.68. The number of nitrogens with zero attached hydrogens (tertiary/aromatic N) is 1. The lowest BCUT2D eigenvalue weighted by Gasteiger charge is -2.57. The molecule has 1 spiro atoms. The van der Waals surface area contributed by atoms with Crippen LogP contribution < -0.4 is 14.8 Å². The average Bonchev–Trinajstić information content (AvgIpc) is 2.89. The maximum absolute atomic E-state index is 10.7. The summed E-state index contributed by atoms with van der Waals surface area (Å²) in [7, 11) is 2.21. The van der Waals surface area contributed by atoms with E-state index in [2.05, 4.69) is 37.2 Å². The Morgan fingerprint density at radius 2 is 2.08 bits per heavy atom. The maximum atomic E-state index is 10.7. The van der Waals surface area contributed by atoms with Crippen molar-refractivity contribution in [3.63, 3.8) is 0 Å². The quantitative estimate of drug-likeness (QED) is 0.874. The zero-order chi connectivity index (χ0) is 17.6. The van der Waals surface area contributed by atoms with Crippen molar-refractivity contribution in [2.45, 2.75) is 51.4 Å². The highest BCUT2D eigenvalue weighted by Crippen LogP contribution is 2.52. The summed E-state index contributed by atoms with van der Waals surface area (Å²) in [6.45, 7) is 7.60. The topological polar surface area (TPSA) is 54.0 Å². The highest BCUT2D eigenvalue weighted by molar-refractivity contribution is 5.47. The van der Waals surface area contributed by atoms with Crippen LogP contribution in [0.3, 0.4) is 0 Å². The Morgan fingerprint density at radius 3 is 2.84 bits per heavy atom. The number of aliphatic hydroxyl groups is 1. The summed E-state index contributed by atoms with van der Waals surface area (Å²) in [6, 6.07) is 6.76. The van der Waals surface area contributed by atoms with Crippen LogP contribution in [-0.4, -0.2) is 55.0 Å². The summed E-state index contributed by atoms with van der Waals surface area (Å²) in [4.78, 5) is 2.44. The lowest BCUT2D eigenvalue weighted by atomic mass is 9.66. The standard InChI is InChI=1S/C20H30N2O3/c1-13(2)19-20(12-22(19)3)9-15(16(23)10-20)21-11-14-5-4-6-17-18(14)25-8-7-24-17/h4-6,13,15-16,19,21,23H,7-12H2,1-3H3/t15-,16-,19?,20?/m1/s1. The number of nitrogens with one attached hydrogen (secondary N) is 1. The predicted octanol–water partition coefficient (Wildman–Crippen LogP) is 2.03. The minimum atomic E-state index is -0.272. The van der Waals surface area contributed by atoms with Gasteiger partial charge in [-0.05, 0) is 31.9 Å². The number of fused-ring (bicyclic) bond motifs is 1. The second-order valence-electron chi connectivity index (χ2n) is 8.37. The van der Waals surface area contributed by atoms with Crippen molar-refractivity contribution in [3.8, 4) is 11.5 Å². The van der Waals surface area contributed by atoms with Crippen LogP contribution in [0.5, 0.6) is 11.5 Å². The third-order valence-corrected chi connectivity index (χ3v) is 6.21. The van der Waals surface area contributed by atoms with Crippen molar-refractivity contribution in [1.82, 2.24) is 10.2 Å². The van der Waals surface area contributed by atoms with Crippen molar-refractivity contribution in [1.29, 1.82) is 0 Å². The van der Waals surface area contributed by atoms with Crippen LogP contribution in [-0.2, 0) is 6.54 Å². The van der Waals surface area contributed by atoms with Crippen LogP contribution in [0.25, 0.3) is 0 Å². The van der Waals surface area contributed by atoms with Gasteiger partial charge in [0.1, 0.15) is 13.2 Å². The molecule has 1 aromatic rings. The van der Waals surface area contributed by atoms with E-state index in [1.807, 2.05) is 12.1 Å². The van der Waals surface area contributed by atoms with Gasteiger partial charge < -0.3 is 24.8 Å². The first-order valence-electron chi connectivity index (χ1n) is 9.49. The van der Waals surface area contributed by atoms with Crippen molar-refractivity contribution in [2.24, 2.45) is 11.3 Å². The van der Waals surface area contributed by atoms with Crippen molar-refractivity contribution < 1.29 is 14.6 Å². The Kier molecular flexibility index (Phi) is 4.42. The normalized spacial score (nSPS) is 34.5. The van der Waals surface area contributed by atoms with E-state index in [4.69, 9.17) is 9.47 Å². The van der Waals surface area contributed by atoms with Gasteiger partial charge in [0.2, 0.25) is 0 Å². The van der Waals surface area contributed by atoms with Crippen LogP contribution in [0.2, 0.25) is 0 Å². The minimum absolute atomic E-state index is 0.148. The van der Waals surface area contributed by atoms with E-state index < -0.39 is 0 Å². The van der Waals surface area contributed by atoms with E-state index >= 15 is 0 Å². The largest absolute Gasteiger partial charge is 0.486 e. The molecule has 1 aromatic carbocycles. The Balaban J connectivity index is 1.43. The van der Waals surface area contributed by atoms with Gasteiger partial charge in [0.05, 0.1) is 6.10 Å². The van der Waals surface area contributed by atoms with Crippen LogP contribution in [0, 0.1) is 11.3 Å². The average molecular weight is 346 g/mol. The molecule has 3 aliphatic rings. The van der Waals surface area contributed by atoms with E-state index in [0.29, 0.717) is 31.7 Å². The van der Waals surface area contributed by atoms with E-state index in [1.54, 1.807) is 0 Å². The fourth-order valence-corrected chi connectivity index (χ4v) is 5.57. The molecule has 138 valence electrons. The molecule has 4 atom stereocenters. The van der Waals surface area contributed by atoms with Gasteiger partial charge in [0.25, 0.3) is 0 Å². The van der Waals surface area contributed by atoms with Gasteiger partial charge in [0.15, 0.2) is 11.5 Å². The third-order valence-electron chi connectivity index (χ3n) is 6.21. The van der Waals surface area contributed by atoms with E-state index in [0.717, 1.165) is 36.4 Å². The number of ether oxygens (including phenoxy) is 2. The molecule has 0 amide bonds. The number of para-hydroxylation sites is 1. The SMILES string of the molecule is CC(C)C1N(C)CC12C[C@@H](O)[C@H](NCc1cccc3c1OCCO3)C2. The molecule has 5 nitrogen and oxygen atoms in total. The maximum Gasteiger partial charge on any atom is 0.165 e. The molecule has 2 N–H and O–H groups in total. The fourth-order valence-electron chi connectivity index (χ4n) is 5.57. The summed E-state index contributed by atoms with van der Waals surface area (Å²) in [5.41, 5.74) is 1.38. The summed E-state index contributed by atoms with van der Waals surface area (Å²) >= 11 is 0. The molecule has 4 rings (SSSR count). The Labute approximate surface area is 150 Å². The summed E-state index contributed by atoms with van der Waals surface area (Å²) < 4.78 is 11.5. The Hall–Kier alpha value is -1.30. The van der Waals surface area contributed by atoms with Crippen LogP contribution in [0.4, 0.5) is 0 Å². The number of benzene rings is 1. The molecule has 1 aliphatic carbocycles. The van der Waals surface area contributed by atoms with Crippen molar-refractivity contribution in [2.75, 3.05) is 26.8 Å². The first kappa shape index (κ1) is 17.1. The number of hydrogen-bond donors (Lipinski definition) is 2. The molecule has 2 heterocycles. The van der Waals surface area contributed by atoms with Crippen LogP contribution in [0.1, 0.15) is 32.3 Å². The predicted molar refractivity (Wildman–Crippen MR) is 97.0 cm³/mol. The molecule has 0 aromatic heterocycles. The molecule has 25 heavy (non-hydrogen) atoms. The number of rotatable bonds is 4. The molecule has 0 bridgehead atoms. The van der Waals surface area contributed by atoms with Crippen molar-refractivity contribution >= 4 is 0 Å². The van der Waals surface area contributed by atoms with Gasteiger partial charge in [-0.15, -0.1) is 0 Å². The zero-order valence-electron chi connectivity index (χ0n) is 15.5. The lowest BCUT2D eigenvalue weighted by Crippen LogP contribution is -2.64. The van der Waals surface area contributed by atoms with Gasteiger partial charge in [-0.2, -0.15) is 0 Å². The smallest absolute Gasteiger partial charge is 0.165 e. The molecule has 1 saturated heterocycles. The highest BCUT2D eigenvalue weighted by atomic mass is 16.6. The second-order valence-corrected chi connectivity index (χ2v) is 8.37. The van der Waals surface area contributed by atoms with Gasteiger partial charge >= 0.3 is 0 Å². The van der Waals surface area contributed by atoms with E-state index in [9.17, 15) is 5.11 Å². The molecular weight excluding hydrogens is 316 g/mol. The highest BCUT2D eigenvalue weighted by Gasteiger charge is 2.57. The van der Waals surface area contributed by atoms with Gasteiger partial charge in [0, 0.05) is 36.2 Å². The van der Waals surface area contributed by atoms with Gasteiger partial charge in [-0.1, -0.05) is 26.0 Å². The minimum Gasteiger partial charge on any atom is -0.486 e. The molecule has 2 unspecified atom stereocenters. The van der Waals surface area contributed by atoms with Crippen LogP contribution >= 0.6 is 0 Å². The first-order valence-corrected chi connectivity index (χ1v) is 9.49. The van der Waals surface area contributed by atoms with Gasteiger partial charge in [-0.3, -0.25) is 0 Å². The molecule has 2 fully saturated rings. The lowest BCUT2D eigenvalue weighted by molar-refractivity contribution is -0.0828. The molecular formula is C20H30N2O3. The van der Waals surface area contributed by atoms with E-state index in [1.165, 1.54) is 0 Å². The molecule has 1 saturated carbocycles. The Morgan fingerprint density at radius 1 is 1.28 bits per heavy atom.